The number of esters is 1. The SMILES string of the molecule is Cc1ccc(C)c(OCC(=O)OC(C)C(=O)NC(C)(C)C)c1. The van der Waals surface area contributed by atoms with E-state index in [0.29, 0.717) is 5.75 Å². The van der Waals surface area contributed by atoms with Crippen molar-refractivity contribution in [3.63, 3.8) is 0 Å². The first-order valence-electron chi connectivity index (χ1n) is 7.30. The van der Waals surface area contributed by atoms with Crippen LogP contribution in [0.2, 0.25) is 0 Å². The quantitative estimate of drug-likeness (QED) is 0.849. The van der Waals surface area contributed by atoms with Crippen LogP contribution in [-0.4, -0.2) is 30.1 Å². The molecule has 1 aromatic carbocycles. The molecule has 1 atom stereocenters. The molecule has 0 radical (unpaired) electrons. The molecule has 0 fully saturated rings. The molecule has 5 heteroatoms. The van der Waals surface area contributed by atoms with Crippen LogP contribution < -0.4 is 10.1 Å². The Balaban J connectivity index is 2.49. The average Bonchev–Trinajstić information content (AvgIpc) is 2.37. The summed E-state index contributed by atoms with van der Waals surface area (Å²) in [7, 11) is 0. The molecule has 1 unspecified atom stereocenters. The molecule has 0 spiro atoms. The predicted octanol–water partition coefficient (Wildman–Crippen LogP) is 2.53. The minimum absolute atomic E-state index is 0.225. The molecule has 1 amide bonds. The lowest BCUT2D eigenvalue weighted by Gasteiger charge is -2.23. The van der Waals surface area contributed by atoms with E-state index in [-0.39, 0.29) is 18.1 Å². The molecule has 0 aliphatic carbocycles. The molecule has 22 heavy (non-hydrogen) atoms. The Labute approximate surface area is 132 Å². The Morgan fingerprint density at radius 2 is 1.86 bits per heavy atom. The molecule has 1 rings (SSSR count). The Kier molecular flexibility index (Phi) is 5.97. The molecule has 1 N–H and O–H groups in total. The zero-order valence-corrected chi connectivity index (χ0v) is 14.1. The molecule has 5 nitrogen and oxygen atoms in total. The zero-order valence-electron chi connectivity index (χ0n) is 14.1. The van der Waals surface area contributed by atoms with Gasteiger partial charge in [-0.15, -0.1) is 0 Å². The fraction of sp³-hybridized carbons (Fsp3) is 0.529. The number of ether oxygens (including phenoxy) is 2. The molecule has 0 saturated carbocycles. The van der Waals surface area contributed by atoms with Gasteiger partial charge < -0.3 is 14.8 Å². The minimum Gasteiger partial charge on any atom is -0.482 e. The van der Waals surface area contributed by atoms with Crippen molar-refractivity contribution in [3.8, 4) is 5.75 Å². The summed E-state index contributed by atoms with van der Waals surface area (Å²) in [5, 5.41) is 2.76. The van der Waals surface area contributed by atoms with Crippen molar-refractivity contribution in [1.29, 1.82) is 0 Å². The van der Waals surface area contributed by atoms with Gasteiger partial charge in [-0.05, 0) is 58.7 Å². The topological polar surface area (TPSA) is 64.6 Å². The highest BCUT2D eigenvalue weighted by Crippen LogP contribution is 2.19. The molecule has 0 aromatic heterocycles. The number of carbonyl (C=O) groups is 2. The summed E-state index contributed by atoms with van der Waals surface area (Å²) >= 11 is 0. The van der Waals surface area contributed by atoms with Crippen LogP contribution in [0.1, 0.15) is 38.8 Å². The molecule has 1 aromatic rings. The van der Waals surface area contributed by atoms with Crippen LogP contribution in [0.4, 0.5) is 0 Å². The fourth-order valence-corrected chi connectivity index (χ4v) is 1.76. The zero-order chi connectivity index (χ0) is 16.9. The molecule has 0 aliphatic heterocycles. The first kappa shape index (κ1) is 18.0. The van der Waals surface area contributed by atoms with Crippen molar-refractivity contribution < 1.29 is 19.1 Å². The van der Waals surface area contributed by atoms with Crippen molar-refractivity contribution in [3.05, 3.63) is 29.3 Å². The van der Waals surface area contributed by atoms with Crippen LogP contribution in [0.3, 0.4) is 0 Å². The first-order valence-corrected chi connectivity index (χ1v) is 7.30. The van der Waals surface area contributed by atoms with E-state index in [1.807, 2.05) is 52.8 Å². The van der Waals surface area contributed by atoms with Gasteiger partial charge in [0.1, 0.15) is 5.75 Å². The van der Waals surface area contributed by atoms with Gasteiger partial charge in [-0.3, -0.25) is 4.79 Å². The Morgan fingerprint density at radius 1 is 1.23 bits per heavy atom. The van der Waals surface area contributed by atoms with Gasteiger partial charge in [-0.25, -0.2) is 4.79 Å². The number of hydrogen-bond donors (Lipinski definition) is 1. The molecule has 0 bridgehead atoms. The second kappa shape index (κ2) is 7.29. The van der Waals surface area contributed by atoms with Gasteiger partial charge in [0.15, 0.2) is 12.7 Å². The van der Waals surface area contributed by atoms with E-state index in [0.717, 1.165) is 11.1 Å². The van der Waals surface area contributed by atoms with Gasteiger partial charge in [0, 0.05) is 5.54 Å². The van der Waals surface area contributed by atoms with E-state index >= 15 is 0 Å². The van der Waals surface area contributed by atoms with E-state index in [1.54, 1.807) is 0 Å². The van der Waals surface area contributed by atoms with Crippen molar-refractivity contribution in [2.45, 2.75) is 53.2 Å². The number of benzene rings is 1. The summed E-state index contributed by atoms with van der Waals surface area (Å²) in [6, 6.07) is 5.76. The molecular formula is C17H25NO4. The number of aryl methyl sites for hydroxylation is 2. The highest BCUT2D eigenvalue weighted by molar-refractivity contribution is 5.84. The average molecular weight is 307 g/mol. The third-order valence-corrected chi connectivity index (χ3v) is 2.86. The highest BCUT2D eigenvalue weighted by atomic mass is 16.6. The number of carbonyl (C=O) groups excluding carboxylic acids is 2. The normalized spacial score (nSPS) is 12.5. The van der Waals surface area contributed by atoms with E-state index in [9.17, 15) is 9.59 Å². The number of hydrogen-bond acceptors (Lipinski definition) is 4. The number of rotatable bonds is 5. The summed E-state index contributed by atoms with van der Waals surface area (Å²) in [6.45, 7) is 10.8. The predicted molar refractivity (Wildman–Crippen MR) is 84.9 cm³/mol. The number of amides is 1. The second-order valence-corrected chi connectivity index (χ2v) is 6.43. The largest absolute Gasteiger partial charge is 0.482 e. The third-order valence-electron chi connectivity index (χ3n) is 2.86. The van der Waals surface area contributed by atoms with Gasteiger partial charge in [0.2, 0.25) is 0 Å². The van der Waals surface area contributed by atoms with E-state index in [1.165, 1.54) is 6.92 Å². The lowest BCUT2D eigenvalue weighted by atomic mass is 10.1. The monoisotopic (exact) mass is 307 g/mol. The van der Waals surface area contributed by atoms with Crippen molar-refractivity contribution in [1.82, 2.24) is 5.32 Å². The maximum absolute atomic E-state index is 11.8. The van der Waals surface area contributed by atoms with Gasteiger partial charge in [-0.2, -0.15) is 0 Å². The van der Waals surface area contributed by atoms with E-state index in [2.05, 4.69) is 5.32 Å². The van der Waals surface area contributed by atoms with Crippen LogP contribution in [0, 0.1) is 13.8 Å². The summed E-state index contributed by atoms with van der Waals surface area (Å²) in [5.41, 5.74) is 1.62. The van der Waals surface area contributed by atoms with Gasteiger partial charge in [-0.1, -0.05) is 12.1 Å². The lowest BCUT2D eigenvalue weighted by molar-refractivity contribution is -0.157. The minimum atomic E-state index is -0.853. The Hall–Kier alpha value is -2.04. The smallest absolute Gasteiger partial charge is 0.344 e. The van der Waals surface area contributed by atoms with Crippen LogP contribution in [-0.2, 0) is 14.3 Å². The lowest BCUT2D eigenvalue weighted by Crippen LogP contribution is -2.46. The Bertz CT molecular complexity index is 546. The van der Waals surface area contributed by atoms with Crippen LogP contribution in [0.5, 0.6) is 5.75 Å². The second-order valence-electron chi connectivity index (χ2n) is 6.43. The molecule has 122 valence electrons. The molecular weight excluding hydrogens is 282 g/mol. The van der Waals surface area contributed by atoms with Crippen molar-refractivity contribution >= 4 is 11.9 Å². The van der Waals surface area contributed by atoms with Crippen molar-refractivity contribution in [2.24, 2.45) is 0 Å². The molecule has 0 heterocycles. The molecule has 0 saturated heterocycles. The van der Waals surface area contributed by atoms with Gasteiger partial charge >= 0.3 is 5.97 Å². The highest BCUT2D eigenvalue weighted by Gasteiger charge is 2.22. The van der Waals surface area contributed by atoms with Crippen LogP contribution in [0.25, 0.3) is 0 Å². The summed E-state index contributed by atoms with van der Waals surface area (Å²) < 4.78 is 10.5. The summed E-state index contributed by atoms with van der Waals surface area (Å²) in [5.74, 6) is -0.256. The summed E-state index contributed by atoms with van der Waals surface area (Å²) in [4.78, 5) is 23.6. The maximum atomic E-state index is 11.8. The summed E-state index contributed by atoms with van der Waals surface area (Å²) in [6.07, 6.45) is -0.853. The van der Waals surface area contributed by atoms with E-state index < -0.39 is 12.1 Å². The first-order chi connectivity index (χ1) is 10.1. The van der Waals surface area contributed by atoms with Gasteiger partial charge in [0.05, 0.1) is 0 Å². The molecule has 0 aliphatic rings. The fourth-order valence-electron chi connectivity index (χ4n) is 1.76. The van der Waals surface area contributed by atoms with Gasteiger partial charge in [0.25, 0.3) is 5.91 Å². The number of nitrogens with one attached hydrogen (secondary N) is 1. The third kappa shape index (κ3) is 6.16. The van der Waals surface area contributed by atoms with Crippen LogP contribution >= 0.6 is 0 Å². The Morgan fingerprint density at radius 3 is 2.45 bits per heavy atom. The van der Waals surface area contributed by atoms with Crippen LogP contribution in [0.15, 0.2) is 18.2 Å². The van der Waals surface area contributed by atoms with Crippen molar-refractivity contribution in [2.75, 3.05) is 6.61 Å². The maximum Gasteiger partial charge on any atom is 0.344 e. The van der Waals surface area contributed by atoms with E-state index in [4.69, 9.17) is 9.47 Å². The standard InChI is InChI=1S/C17H25NO4/c1-11-7-8-12(2)14(9-11)21-10-15(19)22-13(3)16(20)18-17(4,5)6/h7-9,13H,10H2,1-6H3,(H,18,20).